The van der Waals surface area contributed by atoms with Gasteiger partial charge in [-0.05, 0) is 18.6 Å². The molecule has 0 spiro atoms. The third-order valence-electron chi connectivity index (χ3n) is 3.25. The second-order valence-electron chi connectivity index (χ2n) is 4.80. The highest BCUT2D eigenvalue weighted by Crippen LogP contribution is 2.15. The molecule has 0 radical (unpaired) electrons. The molecule has 4 heteroatoms. The lowest BCUT2D eigenvalue weighted by atomic mass is 10.2. The molecule has 2 N–H and O–H groups in total. The van der Waals surface area contributed by atoms with Crippen LogP contribution in [0.5, 0.6) is 5.75 Å². The van der Waals surface area contributed by atoms with Crippen LogP contribution >= 0.6 is 0 Å². The molecular formula is C14H22NO3+. The lowest BCUT2D eigenvalue weighted by molar-refractivity contribution is -0.911. The number of quaternary nitrogens is 1. The Labute approximate surface area is 108 Å². The fraction of sp³-hybridized carbons (Fsp3) is 0.571. The van der Waals surface area contributed by atoms with E-state index in [4.69, 9.17) is 9.47 Å². The SMILES string of the molecule is Cc1ccccc1OC[C@@H](O)C[NH+]1CCOCC1. The summed E-state index contributed by atoms with van der Waals surface area (Å²) in [6, 6.07) is 7.87. The van der Waals surface area contributed by atoms with Crippen molar-refractivity contribution in [3.63, 3.8) is 0 Å². The molecule has 1 saturated heterocycles. The van der Waals surface area contributed by atoms with Gasteiger partial charge in [-0.1, -0.05) is 18.2 Å². The van der Waals surface area contributed by atoms with Crippen LogP contribution in [-0.2, 0) is 4.74 Å². The van der Waals surface area contributed by atoms with Crippen molar-refractivity contribution in [3.8, 4) is 5.75 Å². The molecule has 1 atom stereocenters. The molecule has 0 bridgehead atoms. The number of benzene rings is 1. The lowest BCUT2D eigenvalue weighted by Crippen LogP contribution is -3.15. The molecule has 1 aliphatic rings. The van der Waals surface area contributed by atoms with E-state index in [-0.39, 0.29) is 0 Å². The minimum absolute atomic E-state index is 0.356. The zero-order chi connectivity index (χ0) is 12.8. The van der Waals surface area contributed by atoms with Crippen LogP contribution in [0.15, 0.2) is 24.3 Å². The summed E-state index contributed by atoms with van der Waals surface area (Å²) in [4.78, 5) is 1.39. The molecule has 2 rings (SSSR count). The van der Waals surface area contributed by atoms with Gasteiger partial charge < -0.3 is 19.5 Å². The quantitative estimate of drug-likeness (QED) is 0.753. The molecule has 0 unspecified atom stereocenters. The molecule has 1 aromatic carbocycles. The number of aryl methyl sites for hydroxylation is 1. The van der Waals surface area contributed by atoms with Gasteiger partial charge in [0.2, 0.25) is 0 Å². The Hall–Kier alpha value is -1.10. The summed E-state index contributed by atoms with van der Waals surface area (Å²) in [7, 11) is 0. The van der Waals surface area contributed by atoms with Crippen LogP contribution in [0.4, 0.5) is 0 Å². The molecule has 4 nitrogen and oxygen atoms in total. The van der Waals surface area contributed by atoms with E-state index >= 15 is 0 Å². The molecule has 18 heavy (non-hydrogen) atoms. The van der Waals surface area contributed by atoms with Crippen LogP contribution in [0.2, 0.25) is 0 Å². The normalized spacial score (nSPS) is 18.6. The molecule has 0 aromatic heterocycles. The molecule has 0 aliphatic carbocycles. The van der Waals surface area contributed by atoms with E-state index in [1.54, 1.807) is 0 Å². The summed E-state index contributed by atoms with van der Waals surface area (Å²) in [6.45, 7) is 6.63. The lowest BCUT2D eigenvalue weighted by Gasteiger charge is -2.25. The molecule has 1 aliphatic heterocycles. The van der Waals surface area contributed by atoms with Gasteiger partial charge in [-0.3, -0.25) is 0 Å². The summed E-state index contributed by atoms with van der Waals surface area (Å²) >= 11 is 0. The van der Waals surface area contributed by atoms with E-state index in [2.05, 4.69) is 0 Å². The van der Waals surface area contributed by atoms with Crippen molar-refractivity contribution in [2.24, 2.45) is 0 Å². The zero-order valence-electron chi connectivity index (χ0n) is 10.9. The number of aliphatic hydroxyl groups is 1. The first kappa shape index (κ1) is 13.3. The van der Waals surface area contributed by atoms with Crippen molar-refractivity contribution in [2.75, 3.05) is 39.5 Å². The Morgan fingerprint density at radius 3 is 2.78 bits per heavy atom. The number of morpholine rings is 1. The maximum atomic E-state index is 9.97. The fourth-order valence-electron chi connectivity index (χ4n) is 2.16. The number of hydrogen-bond acceptors (Lipinski definition) is 3. The summed E-state index contributed by atoms with van der Waals surface area (Å²) in [6.07, 6.45) is -0.419. The van der Waals surface area contributed by atoms with Crippen molar-refractivity contribution in [1.82, 2.24) is 0 Å². The van der Waals surface area contributed by atoms with Gasteiger partial charge in [-0.2, -0.15) is 0 Å². The number of hydrogen-bond donors (Lipinski definition) is 2. The van der Waals surface area contributed by atoms with E-state index in [0.29, 0.717) is 6.61 Å². The largest absolute Gasteiger partial charge is 0.490 e. The number of rotatable bonds is 5. The molecule has 1 heterocycles. The van der Waals surface area contributed by atoms with Crippen molar-refractivity contribution in [1.29, 1.82) is 0 Å². The fourth-order valence-corrected chi connectivity index (χ4v) is 2.16. The molecule has 1 fully saturated rings. The third-order valence-corrected chi connectivity index (χ3v) is 3.25. The van der Waals surface area contributed by atoms with E-state index in [9.17, 15) is 5.11 Å². The maximum Gasteiger partial charge on any atom is 0.137 e. The zero-order valence-corrected chi connectivity index (χ0v) is 10.9. The first-order chi connectivity index (χ1) is 8.75. The maximum absolute atomic E-state index is 9.97. The summed E-state index contributed by atoms with van der Waals surface area (Å²) < 4.78 is 10.9. The first-order valence-electron chi connectivity index (χ1n) is 6.53. The van der Waals surface area contributed by atoms with E-state index < -0.39 is 6.10 Å². The molecule has 0 amide bonds. The highest BCUT2D eigenvalue weighted by molar-refractivity contribution is 5.31. The second kappa shape index (κ2) is 6.73. The molecular weight excluding hydrogens is 230 g/mol. The number of aliphatic hydroxyl groups excluding tert-OH is 1. The van der Waals surface area contributed by atoms with Crippen LogP contribution < -0.4 is 9.64 Å². The van der Waals surface area contributed by atoms with Crippen LogP contribution in [0.1, 0.15) is 5.56 Å². The van der Waals surface area contributed by atoms with Crippen molar-refractivity contribution in [3.05, 3.63) is 29.8 Å². The standard InChI is InChI=1S/C14H21NO3/c1-12-4-2-3-5-14(12)18-11-13(16)10-15-6-8-17-9-7-15/h2-5,13,16H,6-11H2,1H3/p+1/t13-/m0/s1. The smallest absolute Gasteiger partial charge is 0.137 e. The third kappa shape index (κ3) is 3.98. The van der Waals surface area contributed by atoms with Gasteiger partial charge in [0.05, 0.1) is 13.2 Å². The predicted octanol–water partition coefficient (Wildman–Crippen LogP) is -0.350. The average molecular weight is 252 g/mol. The van der Waals surface area contributed by atoms with Gasteiger partial charge in [0.25, 0.3) is 0 Å². The predicted molar refractivity (Wildman–Crippen MR) is 69.1 cm³/mol. The molecule has 0 saturated carbocycles. The van der Waals surface area contributed by atoms with Gasteiger partial charge in [0.1, 0.15) is 38.1 Å². The average Bonchev–Trinajstić information content (AvgIpc) is 2.39. The first-order valence-corrected chi connectivity index (χ1v) is 6.53. The van der Waals surface area contributed by atoms with Gasteiger partial charge in [0, 0.05) is 0 Å². The van der Waals surface area contributed by atoms with Crippen LogP contribution in [0, 0.1) is 6.92 Å². The Bertz CT molecular complexity index is 364. The highest BCUT2D eigenvalue weighted by atomic mass is 16.5. The van der Waals surface area contributed by atoms with Crippen LogP contribution in [0.25, 0.3) is 0 Å². The number of nitrogens with one attached hydrogen (secondary N) is 1. The van der Waals surface area contributed by atoms with Crippen LogP contribution in [0.3, 0.4) is 0 Å². The Morgan fingerprint density at radius 2 is 2.06 bits per heavy atom. The second-order valence-corrected chi connectivity index (χ2v) is 4.80. The van der Waals surface area contributed by atoms with Gasteiger partial charge in [-0.25, -0.2) is 0 Å². The Balaban J connectivity index is 1.74. The van der Waals surface area contributed by atoms with E-state index in [0.717, 1.165) is 44.2 Å². The summed E-state index contributed by atoms with van der Waals surface area (Å²) in [5.41, 5.74) is 1.10. The Morgan fingerprint density at radius 1 is 1.33 bits per heavy atom. The van der Waals surface area contributed by atoms with Crippen LogP contribution in [-0.4, -0.2) is 50.7 Å². The summed E-state index contributed by atoms with van der Waals surface area (Å²) in [5.74, 6) is 0.855. The number of ether oxygens (including phenoxy) is 2. The monoisotopic (exact) mass is 252 g/mol. The van der Waals surface area contributed by atoms with Crippen molar-refractivity contribution < 1.29 is 19.5 Å². The van der Waals surface area contributed by atoms with Gasteiger partial charge in [0.15, 0.2) is 0 Å². The minimum Gasteiger partial charge on any atom is -0.490 e. The Kier molecular flexibility index (Phi) is 4.99. The number of para-hydroxylation sites is 1. The topological polar surface area (TPSA) is 43.1 Å². The molecule has 100 valence electrons. The van der Waals surface area contributed by atoms with Gasteiger partial charge in [-0.15, -0.1) is 0 Å². The van der Waals surface area contributed by atoms with Crippen molar-refractivity contribution in [2.45, 2.75) is 13.0 Å². The van der Waals surface area contributed by atoms with E-state index in [1.165, 1.54) is 4.90 Å². The highest BCUT2D eigenvalue weighted by Gasteiger charge is 2.18. The van der Waals surface area contributed by atoms with Crippen molar-refractivity contribution >= 4 is 0 Å². The minimum atomic E-state index is -0.419. The summed E-state index contributed by atoms with van der Waals surface area (Å²) in [5, 5.41) is 9.97. The van der Waals surface area contributed by atoms with E-state index in [1.807, 2.05) is 31.2 Å². The molecule has 1 aromatic rings. The van der Waals surface area contributed by atoms with Gasteiger partial charge >= 0.3 is 0 Å².